The molecule has 1 aromatic rings. The standard InChI is InChI=1S/C15H25N5O3S2/c1-2-25(22,23)20-6-3-13(4-7-20)17-14(21)18-8-10-19(11-9-18)15-16-5-12-24-15/h5,12-13H,2-4,6-11H2,1H3,(H,17,21). The van der Waals surface area contributed by atoms with E-state index in [9.17, 15) is 13.2 Å². The number of amides is 2. The van der Waals surface area contributed by atoms with E-state index in [0.717, 1.165) is 18.2 Å². The highest BCUT2D eigenvalue weighted by Gasteiger charge is 2.29. The van der Waals surface area contributed by atoms with Gasteiger partial charge in [-0.3, -0.25) is 0 Å². The first kappa shape index (κ1) is 18.4. The fraction of sp³-hybridized carbons (Fsp3) is 0.733. The lowest BCUT2D eigenvalue weighted by Crippen LogP contribution is -2.55. The molecular weight excluding hydrogens is 362 g/mol. The Balaban J connectivity index is 1.43. The summed E-state index contributed by atoms with van der Waals surface area (Å²) in [6.07, 6.45) is 3.14. The Kier molecular flexibility index (Phi) is 5.80. The monoisotopic (exact) mass is 387 g/mol. The second-order valence-electron chi connectivity index (χ2n) is 6.31. The molecule has 2 fully saturated rings. The number of thiazole rings is 1. The summed E-state index contributed by atoms with van der Waals surface area (Å²) in [5, 5.41) is 6.02. The largest absolute Gasteiger partial charge is 0.345 e. The number of aromatic nitrogens is 1. The summed E-state index contributed by atoms with van der Waals surface area (Å²) in [5.41, 5.74) is 0. The van der Waals surface area contributed by atoms with Gasteiger partial charge in [-0.05, 0) is 19.8 Å². The van der Waals surface area contributed by atoms with Crippen molar-refractivity contribution in [3.8, 4) is 0 Å². The lowest BCUT2D eigenvalue weighted by Gasteiger charge is -2.36. The van der Waals surface area contributed by atoms with Gasteiger partial charge in [0.2, 0.25) is 10.0 Å². The van der Waals surface area contributed by atoms with Gasteiger partial charge in [0, 0.05) is 56.9 Å². The van der Waals surface area contributed by atoms with Gasteiger partial charge in [-0.1, -0.05) is 0 Å². The molecule has 0 saturated carbocycles. The van der Waals surface area contributed by atoms with Crippen molar-refractivity contribution < 1.29 is 13.2 Å². The average molecular weight is 388 g/mol. The number of anilines is 1. The minimum absolute atomic E-state index is 0.0458. The minimum Gasteiger partial charge on any atom is -0.345 e. The Bertz CT molecular complexity index is 663. The van der Waals surface area contributed by atoms with Gasteiger partial charge < -0.3 is 15.1 Å². The average Bonchev–Trinajstić information content (AvgIpc) is 3.17. The molecule has 0 spiro atoms. The highest BCUT2D eigenvalue weighted by Crippen LogP contribution is 2.19. The maximum Gasteiger partial charge on any atom is 0.317 e. The molecule has 2 aliphatic heterocycles. The van der Waals surface area contributed by atoms with Gasteiger partial charge in [-0.2, -0.15) is 0 Å². The SMILES string of the molecule is CCS(=O)(=O)N1CCC(NC(=O)N2CCN(c3nccs3)CC2)CC1. The van der Waals surface area contributed by atoms with E-state index < -0.39 is 10.0 Å². The molecule has 1 N–H and O–H groups in total. The van der Waals surface area contributed by atoms with E-state index in [0.29, 0.717) is 39.0 Å². The molecule has 10 heteroatoms. The number of carbonyl (C=O) groups is 1. The van der Waals surface area contributed by atoms with Crippen molar-refractivity contribution in [2.45, 2.75) is 25.8 Å². The third-order valence-corrected chi connectivity index (χ3v) is 7.51. The zero-order valence-electron chi connectivity index (χ0n) is 14.4. The Labute approximate surface area is 152 Å². The lowest BCUT2D eigenvalue weighted by atomic mass is 10.1. The van der Waals surface area contributed by atoms with Gasteiger partial charge in [-0.15, -0.1) is 11.3 Å². The summed E-state index contributed by atoms with van der Waals surface area (Å²) in [6, 6.07) is 0.00313. The fourth-order valence-corrected chi connectivity index (χ4v) is 5.03. The minimum atomic E-state index is -3.12. The van der Waals surface area contributed by atoms with Gasteiger partial charge >= 0.3 is 6.03 Å². The maximum atomic E-state index is 12.4. The summed E-state index contributed by atoms with van der Waals surface area (Å²) >= 11 is 1.61. The number of piperazine rings is 1. The highest BCUT2D eigenvalue weighted by molar-refractivity contribution is 7.89. The molecule has 1 aromatic heterocycles. The van der Waals surface area contributed by atoms with E-state index >= 15 is 0 Å². The predicted molar refractivity (Wildman–Crippen MR) is 98.5 cm³/mol. The Hall–Kier alpha value is -1.39. The molecular formula is C15H25N5O3S2. The summed E-state index contributed by atoms with van der Waals surface area (Å²) < 4.78 is 25.3. The molecule has 25 heavy (non-hydrogen) atoms. The van der Waals surface area contributed by atoms with Gasteiger partial charge in [0.1, 0.15) is 0 Å². The van der Waals surface area contributed by atoms with E-state index in [1.807, 2.05) is 10.3 Å². The number of piperidine rings is 1. The molecule has 8 nitrogen and oxygen atoms in total. The molecule has 2 aliphatic rings. The summed E-state index contributed by atoms with van der Waals surface area (Å²) in [4.78, 5) is 20.8. The van der Waals surface area contributed by atoms with Crippen LogP contribution in [0.1, 0.15) is 19.8 Å². The van der Waals surface area contributed by atoms with Crippen LogP contribution in [0.15, 0.2) is 11.6 Å². The first-order valence-electron chi connectivity index (χ1n) is 8.67. The van der Waals surface area contributed by atoms with Crippen molar-refractivity contribution >= 4 is 32.5 Å². The van der Waals surface area contributed by atoms with Crippen molar-refractivity contribution in [1.82, 2.24) is 19.5 Å². The van der Waals surface area contributed by atoms with Crippen molar-refractivity contribution in [3.63, 3.8) is 0 Å². The lowest BCUT2D eigenvalue weighted by molar-refractivity contribution is 0.184. The second-order valence-corrected chi connectivity index (χ2v) is 9.44. The van der Waals surface area contributed by atoms with Crippen molar-refractivity contribution in [2.75, 3.05) is 49.9 Å². The molecule has 0 radical (unpaired) electrons. The van der Waals surface area contributed by atoms with Crippen LogP contribution < -0.4 is 10.2 Å². The Morgan fingerprint density at radius 1 is 1.24 bits per heavy atom. The summed E-state index contributed by atoms with van der Waals surface area (Å²) in [7, 11) is -3.12. The van der Waals surface area contributed by atoms with Crippen LogP contribution in [0, 0.1) is 0 Å². The molecule has 2 amide bonds. The van der Waals surface area contributed by atoms with Crippen LogP contribution in [0.25, 0.3) is 0 Å². The third kappa shape index (κ3) is 4.42. The zero-order chi connectivity index (χ0) is 17.9. The quantitative estimate of drug-likeness (QED) is 0.825. The van der Waals surface area contributed by atoms with Crippen LogP contribution in [-0.4, -0.2) is 79.7 Å². The molecule has 0 aliphatic carbocycles. The Morgan fingerprint density at radius 3 is 2.48 bits per heavy atom. The normalized spacial score (nSPS) is 20.7. The van der Waals surface area contributed by atoms with Crippen LogP contribution in [0.3, 0.4) is 0 Å². The molecule has 0 atom stereocenters. The van der Waals surface area contributed by atoms with Crippen LogP contribution >= 0.6 is 11.3 Å². The van der Waals surface area contributed by atoms with Gasteiger partial charge in [-0.25, -0.2) is 22.5 Å². The highest BCUT2D eigenvalue weighted by atomic mass is 32.2. The van der Waals surface area contributed by atoms with E-state index in [-0.39, 0.29) is 17.8 Å². The van der Waals surface area contributed by atoms with E-state index in [1.165, 1.54) is 4.31 Å². The smallest absolute Gasteiger partial charge is 0.317 e. The second kappa shape index (κ2) is 7.88. The molecule has 2 saturated heterocycles. The number of rotatable bonds is 4. The summed E-state index contributed by atoms with van der Waals surface area (Å²) in [6.45, 7) is 5.55. The number of sulfonamides is 1. The molecule has 0 unspecified atom stereocenters. The van der Waals surface area contributed by atoms with Crippen LogP contribution in [-0.2, 0) is 10.0 Å². The zero-order valence-corrected chi connectivity index (χ0v) is 16.1. The van der Waals surface area contributed by atoms with Gasteiger partial charge in [0.05, 0.1) is 5.75 Å². The number of carbonyl (C=O) groups excluding carboxylic acids is 1. The van der Waals surface area contributed by atoms with Crippen LogP contribution in [0.5, 0.6) is 0 Å². The number of hydrogen-bond donors (Lipinski definition) is 1. The van der Waals surface area contributed by atoms with Crippen molar-refractivity contribution in [2.24, 2.45) is 0 Å². The van der Waals surface area contributed by atoms with E-state index in [1.54, 1.807) is 24.5 Å². The van der Waals surface area contributed by atoms with Crippen LogP contribution in [0.2, 0.25) is 0 Å². The number of urea groups is 1. The maximum absolute atomic E-state index is 12.4. The number of nitrogens with zero attached hydrogens (tertiary/aromatic N) is 4. The summed E-state index contributed by atoms with van der Waals surface area (Å²) in [5.74, 6) is 0.132. The number of nitrogens with one attached hydrogen (secondary N) is 1. The van der Waals surface area contributed by atoms with Crippen molar-refractivity contribution in [1.29, 1.82) is 0 Å². The topological polar surface area (TPSA) is 85.8 Å². The molecule has 0 bridgehead atoms. The Morgan fingerprint density at radius 2 is 1.92 bits per heavy atom. The molecule has 3 heterocycles. The molecule has 140 valence electrons. The van der Waals surface area contributed by atoms with Gasteiger partial charge in [0.25, 0.3) is 0 Å². The van der Waals surface area contributed by atoms with Crippen molar-refractivity contribution in [3.05, 3.63) is 11.6 Å². The first-order chi connectivity index (χ1) is 12.0. The first-order valence-corrected chi connectivity index (χ1v) is 11.2. The number of hydrogen-bond acceptors (Lipinski definition) is 6. The predicted octanol–water partition coefficient (Wildman–Crippen LogP) is 0.789. The fourth-order valence-electron chi connectivity index (χ4n) is 3.20. The molecule has 3 rings (SSSR count). The van der Waals surface area contributed by atoms with E-state index in [4.69, 9.17) is 0 Å². The van der Waals surface area contributed by atoms with Crippen LogP contribution in [0.4, 0.5) is 9.93 Å². The third-order valence-electron chi connectivity index (χ3n) is 4.80. The molecule has 0 aromatic carbocycles. The van der Waals surface area contributed by atoms with E-state index in [2.05, 4.69) is 15.2 Å². The van der Waals surface area contributed by atoms with Gasteiger partial charge in [0.15, 0.2) is 5.13 Å².